The number of likely N-dealkylation sites (N-methyl/N-ethyl adjacent to an activating group) is 1. The van der Waals surface area contributed by atoms with Crippen LogP contribution in [-0.4, -0.2) is 59.4 Å². The van der Waals surface area contributed by atoms with E-state index >= 15 is 0 Å². The molecule has 1 fully saturated rings. The van der Waals surface area contributed by atoms with Crippen LogP contribution in [0.2, 0.25) is 0 Å². The van der Waals surface area contributed by atoms with Gasteiger partial charge in [0.05, 0.1) is 31.6 Å². The van der Waals surface area contributed by atoms with Crippen LogP contribution in [0.5, 0.6) is 5.75 Å². The Hall–Kier alpha value is -2.02. The molecule has 0 aliphatic carbocycles. The summed E-state index contributed by atoms with van der Waals surface area (Å²) in [5.74, 6) is 1.41. The maximum Gasteiger partial charge on any atom is 0.159 e. The highest BCUT2D eigenvalue weighted by molar-refractivity contribution is 5.56. The van der Waals surface area contributed by atoms with Crippen molar-refractivity contribution in [1.82, 2.24) is 14.9 Å². The van der Waals surface area contributed by atoms with Gasteiger partial charge in [-0.25, -0.2) is 9.97 Å². The lowest BCUT2D eigenvalue weighted by molar-refractivity contribution is -0.0108. The highest BCUT2D eigenvalue weighted by Crippen LogP contribution is 2.20. The average molecular weight is 315 g/mol. The van der Waals surface area contributed by atoms with Gasteiger partial charge in [-0.1, -0.05) is 0 Å². The lowest BCUT2D eigenvalue weighted by Crippen LogP contribution is -2.46. The molecular formula is C17H21N3O3. The third-order valence-corrected chi connectivity index (χ3v) is 3.95. The van der Waals surface area contributed by atoms with E-state index in [0.29, 0.717) is 24.7 Å². The topological polar surface area (TPSA) is 67.7 Å². The first-order valence-corrected chi connectivity index (χ1v) is 7.70. The molecule has 0 unspecified atom stereocenters. The first-order valence-electron chi connectivity index (χ1n) is 7.70. The number of nitrogens with zero attached hydrogens (tertiary/aromatic N) is 3. The number of ether oxygens (including phenoxy) is 2. The van der Waals surface area contributed by atoms with Crippen molar-refractivity contribution in [3.63, 3.8) is 0 Å². The van der Waals surface area contributed by atoms with Gasteiger partial charge in [-0.15, -0.1) is 0 Å². The molecule has 1 aromatic carbocycles. The minimum absolute atomic E-state index is 0.0896. The van der Waals surface area contributed by atoms with E-state index < -0.39 is 0 Å². The van der Waals surface area contributed by atoms with Crippen LogP contribution in [0.1, 0.15) is 5.69 Å². The molecule has 1 aliphatic rings. The molecule has 2 heterocycles. The van der Waals surface area contributed by atoms with Crippen LogP contribution >= 0.6 is 0 Å². The number of rotatable bonds is 5. The van der Waals surface area contributed by atoms with Gasteiger partial charge in [-0.05, 0) is 37.4 Å². The van der Waals surface area contributed by atoms with Crippen molar-refractivity contribution < 1.29 is 14.6 Å². The number of aliphatic hydroxyl groups excluding tert-OH is 1. The standard InChI is InChI=1S/C17H21N3O3/c1-20-8-9-22-11-15(20)12-23-16-4-2-13(3-5-16)17-18-7-6-14(10-21)19-17/h2-7,15,21H,8-12H2,1H3/t15-/m1/s1. The van der Waals surface area contributed by atoms with Gasteiger partial charge in [-0.3, -0.25) is 4.90 Å². The van der Waals surface area contributed by atoms with Crippen LogP contribution in [0, 0.1) is 0 Å². The highest BCUT2D eigenvalue weighted by atomic mass is 16.5. The molecule has 0 radical (unpaired) electrons. The quantitative estimate of drug-likeness (QED) is 0.898. The van der Waals surface area contributed by atoms with Gasteiger partial charge < -0.3 is 14.6 Å². The first-order chi connectivity index (χ1) is 11.3. The summed E-state index contributed by atoms with van der Waals surface area (Å²) in [4.78, 5) is 10.8. The van der Waals surface area contributed by atoms with Gasteiger partial charge >= 0.3 is 0 Å². The molecule has 1 saturated heterocycles. The molecule has 0 amide bonds. The Bertz CT molecular complexity index is 633. The second-order valence-electron chi connectivity index (χ2n) is 5.57. The molecular weight excluding hydrogens is 294 g/mol. The number of hydrogen-bond acceptors (Lipinski definition) is 6. The predicted molar refractivity (Wildman–Crippen MR) is 86.1 cm³/mol. The molecule has 1 N–H and O–H groups in total. The van der Waals surface area contributed by atoms with Gasteiger partial charge in [0.2, 0.25) is 0 Å². The molecule has 0 bridgehead atoms. The second kappa shape index (κ2) is 7.50. The highest BCUT2D eigenvalue weighted by Gasteiger charge is 2.19. The van der Waals surface area contributed by atoms with Crippen LogP contribution in [0.3, 0.4) is 0 Å². The molecule has 3 rings (SSSR count). The maximum atomic E-state index is 9.14. The van der Waals surface area contributed by atoms with Gasteiger partial charge in [0.25, 0.3) is 0 Å². The summed E-state index contributed by atoms with van der Waals surface area (Å²) in [5, 5.41) is 9.14. The van der Waals surface area contributed by atoms with E-state index in [0.717, 1.165) is 24.5 Å². The molecule has 6 nitrogen and oxygen atoms in total. The number of aromatic nitrogens is 2. The van der Waals surface area contributed by atoms with Crippen molar-refractivity contribution >= 4 is 0 Å². The SMILES string of the molecule is CN1CCOC[C@@H]1COc1ccc(-c2nccc(CO)n2)cc1. The van der Waals surface area contributed by atoms with Crippen molar-refractivity contribution in [3.8, 4) is 17.1 Å². The molecule has 2 aromatic rings. The average Bonchev–Trinajstić information content (AvgIpc) is 2.61. The zero-order valence-electron chi connectivity index (χ0n) is 13.2. The fourth-order valence-electron chi connectivity index (χ4n) is 2.43. The minimum atomic E-state index is -0.0896. The van der Waals surface area contributed by atoms with Crippen LogP contribution in [0.25, 0.3) is 11.4 Å². The smallest absolute Gasteiger partial charge is 0.159 e. The zero-order valence-corrected chi connectivity index (χ0v) is 13.2. The zero-order chi connectivity index (χ0) is 16.1. The monoisotopic (exact) mass is 315 g/mol. The van der Waals surface area contributed by atoms with Gasteiger partial charge in [-0.2, -0.15) is 0 Å². The van der Waals surface area contributed by atoms with Gasteiger partial charge in [0.15, 0.2) is 5.82 Å². The van der Waals surface area contributed by atoms with Crippen LogP contribution in [-0.2, 0) is 11.3 Å². The summed E-state index contributed by atoms with van der Waals surface area (Å²) in [5.41, 5.74) is 1.50. The van der Waals surface area contributed by atoms with Crippen LogP contribution < -0.4 is 4.74 Å². The first kappa shape index (κ1) is 15.9. The largest absolute Gasteiger partial charge is 0.492 e. The fraction of sp³-hybridized carbons (Fsp3) is 0.412. The molecule has 6 heteroatoms. The van der Waals surface area contributed by atoms with Crippen molar-refractivity contribution in [2.24, 2.45) is 0 Å². The van der Waals surface area contributed by atoms with E-state index in [2.05, 4.69) is 21.9 Å². The Morgan fingerprint density at radius 3 is 2.87 bits per heavy atom. The summed E-state index contributed by atoms with van der Waals surface area (Å²) in [7, 11) is 2.09. The third-order valence-electron chi connectivity index (χ3n) is 3.95. The Morgan fingerprint density at radius 1 is 1.30 bits per heavy atom. The van der Waals surface area contributed by atoms with E-state index in [1.165, 1.54) is 0 Å². The number of morpholine rings is 1. The molecule has 0 saturated carbocycles. The second-order valence-corrected chi connectivity index (χ2v) is 5.57. The molecule has 1 aromatic heterocycles. The normalized spacial score (nSPS) is 18.8. The van der Waals surface area contributed by atoms with E-state index in [1.54, 1.807) is 12.3 Å². The molecule has 0 spiro atoms. The Kier molecular flexibility index (Phi) is 5.17. The number of aliphatic hydroxyl groups is 1. The molecule has 122 valence electrons. The molecule has 1 aliphatic heterocycles. The summed E-state index contributed by atoms with van der Waals surface area (Å²) >= 11 is 0. The fourth-order valence-corrected chi connectivity index (χ4v) is 2.43. The van der Waals surface area contributed by atoms with Crippen molar-refractivity contribution in [2.45, 2.75) is 12.6 Å². The summed E-state index contributed by atoms with van der Waals surface area (Å²) in [6.07, 6.45) is 1.65. The van der Waals surface area contributed by atoms with E-state index in [-0.39, 0.29) is 12.6 Å². The number of hydrogen-bond donors (Lipinski definition) is 1. The van der Waals surface area contributed by atoms with Crippen LogP contribution in [0.4, 0.5) is 0 Å². The Morgan fingerprint density at radius 2 is 2.13 bits per heavy atom. The van der Waals surface area contributed by atoms with Gasteiger partial charge in [0, 0.05) is 18.3 Å². The van der Waals surface area contributed by atoms with Crippen molar-refractivity contribution in [3.05, 3.63) is 42.2 Å². The van der Waals surface area contributed by atoms with E-state index in [9.17, 15) is 0 Å². The molecule has 1 atom stereocenters. The van der Waals surface area contributed by atoms with Crippen molar-refractivity contribution in [1.29, 1.82) is 0 Å². The Labute approximate surface area is 135 Å². The lowest BCUT2D eigenvalue weighted by atomic mass is 10.2. The lowest BCUT2D eigenvalue weighted by Gasteiger charge is -2.32. The minimum Gasteiger partial charge on any atom is -0.492 e. The molecule has 23 heavy (non-hydrogen) atoms. The maximum absolute atomic E-state index is 9.14. The number of benzene rings is 1. The summed E-state index contributed by atoms with van der Waals surface area (Å²) < 4.78 is 11.3. The van der Waals surface area contributed by atoms with Crippen molar-refractivity contribution in [2.75, 3.05) is 33.4 Å². The van der Waals surface area contributed by atoms with E-state index in [4.69, 9.17) is 14.6 Å². The van der Waals surface area contributed by atoms with Crippen LogP contribution in [0.15, 0.2) is 36.5 Å². The Balaban J connectivity index is 1.62. The van der Waals surface area contributed by atoms with Gasteiger partial charge in [0.1, 0.15) is 12.4 Å². The summed E-state index contributed by atoms with van der Waals surface area (Å²) in [6, 6.07) is 9.65. The van der Waals surface area contributed by atoms with E-state index in [1.807, 2.05) is 24.3 Å². The third kappa shape index (κ3) is 4.04. The predicted octanol–water partition coefficient (Wildman–Crippen LogP) is 1.35. The summed E-state index contributed by atoms with van der Waals surface area (Å²) in [6.45, 7) is 2.94.